The molecular formula is C15H14BrClN4O. The Balaban J connectivity index is 1.75. The Labute approximate surface area is 141 Å². The van der Waals surface area contributed by atoms with E-state index in [0.29, 0.717) is 23.9 Å². The maximum absolute atomic E-state index is 12.6. The van der Waals surface area contributed by atoms with Gasteiger partial charge in [-0.15, -0.1) is 0 Å². The fourth-order valence-corrected chi connectivity index (χ4v) is 2.85. The van der Waals surface area contributed by atoms with Crippen molar-refractivity contribution in [2.45, 2.75) is 19.4 Å². The quantitative estimate of drug-likeness (QED) is 0.885. The van der Waals surface area contributed by atoms with Crippen molar-refractivity contribution in [3.8, 4) is 0 Å². The highest BCUT2D eigenvalue weighted by Crippen LogP contribution is 2.27. The monoisotopic (exact) mass is 380 g/mol. The van der Waals surface area contributed by atoms with Gasteiger partial charge in [0.1, 0.15) is 17.0 Å². The summed E-state index contributed by atoms with van der Waals surface area (Å²) in [6.07, 6.45) is 3.73. The van der Waals surface area contributed by atoms with Crippen molar-refractivity contribution in [3.63, 3.8) is 0 Å². The number of nitrogens with one attached hydrogen (secondary N) is 1. The van der Waals surface area contributed by atoms with Crippen LogP contribution in [-0.2, 0) is 4.79 Å². The zero-order chi connectivity index (χ0) is 15.7. The maximum atomic E-state index is 12.6. The predicted molar refractivity (Wildman–Crippen MR) is 90.3 cm³/mol. The summed E-state index contributed by atoms with van der Waals surface area (Å²) < 4.78 is 1.03. The third-order valence-electron chi connectivity index (χ3n) is 3.59. The highest BCUT2D eigenvalue weighted by Gasteiger charge is 2.32. The smallest absolute Gasteiger partial charge is 0.249 e. The molecule has 0 aliphatic carbocycles. The van der Waals surface area contributed by atoms with Gasteiger partial charge in [0, 0.05) is 16.7 Å². The molecule has 1 unspecified atom stereocenters. The molecule has 0 spiro atoms. The lowest BCUT2D eigenvalue weighted by molar-refractivity contribution is -0.117. The van der Waals surface area contributed by atoms with Crippen LogP contribution in [-0.4, -0.2) is 28.5 Å². The minimum atomic E-state index is -0.309. The summed E-state index contributed by atoms with van der Waals surface area (Å²) in [6.45, 7) is 2.68. The highest BCUT2D eigenvalue weighted by atomic mass is 79.9. The number of carbonyl (C=O) groups excluding carboxylic acids is 1. The zero-order valence-corrected chi connectivity index (χ0v) is 14.2. The number of hydrogen-bond donors (Lipinski definition) is 1. The first-order valence-electron chi connectivity index (χ1n) is 6.86. The summed E-state index contributed by atoms with van der Waals surface area (Å²) in [4.78, 5) is 22.4. The van der Waals surface area contributed by atoms with Gasteiger partial charge in [0.25, 0.3) is 0 Å². The van der Waals surface area contributed by atoms with Gasteiger partial charge in [-0.25, -0.2) is 4.98 Å². The van der Waals surface area contributed by atoms with E-state index in [4.69, 9.17) is 11.6 Å². The Morgan fingerprint density at radius 1 is 1.41 bits per heavy atom. The zero-order valence-electron chi connectivity index (χ0n) is 11.9. The molecule has 7 heteroatoms. The van der Waals surface area contributed by atoms with E-state index in [9.17, 15) is 4.79 Å². The van der Waals surface area contributed by atoms with Crippen LogP contribution in [0.15, 0.2) is 35.1 Å². The molecule has 2 heterocycles. The number of carbonyl (C=O) groups is 1. The van der Waals surface area contributed by atoms with Gasteiger partial charge in [0.05, 0.1) is 12.4 Å². The van der Waals surface area contributed by atoms with Gasteiger partial charge in [-0.3, -0.25) is 9.78 Å². The molecule has 0 radical (unpaired) electrons. The largest absolute Gasteiger partial charge is 0.357 e. The standard InChI is InChI=1S/C15H14BrClN4O/c1-9-6-10(2-3-11(9)16)21-5-4-12(15(21)22)19-14-8-18-7-13(17)20-14/h2-3,6-8,12H,4-5H2,1H3,(H,19,20). The molecule has 114 valence electrons. The summed E-state index contributed by atoms with van der Waals surface area (Å²) in [7, 11) is 0. The van der Waals surface area contributed by atoms with Gasteiger partial charge < -0.3 is 10.2 Å². The van der Waals surface area contributed by atoms with Crippen LogP contribution >= 0.6 is 27.5 Å². The Kier molecular flexibility index (Phi) is 4.31. The van der Waals surface area contributed by atoms with E-state index in [1.54, 1.807) is 11.1 Å². The number of benzene rings is 1. The number of nitrogens with zero attached hydrogens (tertiary/aromatic N) is 3. The van der Waals surface area contributed by atoms with Gasteiger partial charge in [0.15, 0.2) is 0 Å². The molecule has 3 rings (SSSR count). The molecule has 1 amide bonds. The minimum Gasteiger partial charge on any atom is -0.357 e. The van der Waals surface area contributed by atoms with Gasteiger partial charge in [-0.1, -0.05) is 27.5 Å². The van der Waals surface area contributed by atoms with Crippen molar-refractivity contribution in [1.29, 1.82) is 0 Å². The number of rotatable bonds is 3. The molecule has 2 aromatic rings. The average molecular weight is 382 g/mol. The molecule has 1 atom stereocenters. The summed E-state index contributed by atoms with van der Waals surface area (Å²) >= 11 is 9.28. The first-order chi connectivity index (χ1) is 10.5. The molecule has 0 saturated carbocycles. The van der Waals surface area contributed by atoms with Crippen LogP contribution in [0, 0.1) is 6.92 Å². The Morgan fingerprint density at radius 3 is 2.95 bits per heavy atom. The van der Waals surface area contributed by atoms with Crippen molar-refractivity contribution < 1.29 is 4.79 Å². The molecule has 1 N–H and O–H groups in total. The number of aromatic nitrogens is 2. The summed E-state index contributed by atoms with van der Waals surface area (Å²) in [5, 5.41) is 3.40. The van der Waals surface area contributed by atoms with Crippen LogP contribution in [0.1, 0.15) is 12.0 Å². The van der Waals surface area contributed by atoms with Crippen LogP contribution < -0.4 is 10.2 Å². The van der Waals surface area contributed by atoms with Gasteiger partial charge >= 0.3 is 0 Å². The second-order valence-corrected chi connectivity index (χ2v) is 6.38. The van der Waals surface area contributed by atoms with Crippen molar-refractivity contribution in [2.75, 3.05) is 16.8 Å². The third-order valence-corrected chi connectivity index (χ3v) is 4.66. The lowest BCUT2D eigenvalue weighted by atomic mass is 10.2. The van der Waals surface area contributed by atoms with Crippen molar-refractivity contribution in [1.82, 2.24) is 9.97 Å². The highest BCUT2D eigenvalue weighted by molar-refractivity contribution is 9.10. The molecule has 1 aromatic carbocycles. The number of hydrogen-bond acceptors (Lipinski definition) is 4. The SMILES string of the molecule is Cc1cc(N2CCC(Nc3cncc(Cl)n3)C2=O)ccc1Br. The van der Waals surface area contributed by atoms with Gasteiger partial charge in [-0.05, 0) is 37.1 Å². The number of halogens is 2. The normalized spacial score (nSPS) is 17.9. The first kappa shape index (κ1) is 15.2. The second kappa shape index (κ2) is 6.22. The fourth-order valence-electron chi connectivity index (χ4n) is 2.46. The number of anilines is 2. The van der Waals surface area contributed by atoms with E-state index >= 15 is 0 Å². The molecule has 1 fully saturated rings. The van der Waals surface area contributed by atoms with Crippen LogP contribution in [0.5, 0.6) is 0 Å². The fraction of sp³-hybridized carbons (Fsp3) is 0.267. The molecule has 22 heavy (non-hydrogen) atoms. The Hall–Kier alpha value is -1.66. The lowest BCUT2D eigenvalue weighted by Gasteiger charge is -2.18. The topological polar surface area (TPSA) is 58.1 Å². The summed E-state index contributed by atoms with van der Waals surface area (Å²) in [5.41, 5.74) is 2.01. The van der Waals surface area contributed by atoms with E-state index in [1.165, 1.54) is 6.20 Å². The molecule has 1 aliphatic heterocycles. The second-order valence-electron chi connectivity index (χ2n) is 5.14. The van der Waals surface area contributed by atoms with E-state index in [-0.39, 0.29) is 11.9 Å². The van der Waals surface area contributed by atoms with E-state index in [1.807, 2.05) is 25.1 Å². The summed E-state index contributed by atoms with van der Waals surface area (Å²) in [6, 6.07) is 5.60. The van der Waals surface area contributed by atoms with Crippen LogP contribution in [0.25, 0.3) is 0 Å². The molecule has 0 bridgehead atoms. The number of aryl methyl sites for hydroxylation is 1. The van der Waals surface area contributed by atoms with Crippen LogP contribution in [0.2, 0.25) is 5.15 Å². The predicted octanol–water partition coefficient (Wildman–Crippen LogP) is 3.42. The van der Waals surface area contributed by atoms with Gasteiger partial charge in [0.2, 0.25) is 5.91 Å². The summed E-state index contributed by atoms with van der Waals surface area (Å²) in [5.74, 6) is 0.545. The van der Waals surface area contributed by atoms with Crippen molar-refractivity contribution >= 4 is 44.9 Å². The van der Waals surface area contributed by atoms with E-state index < -0.39 is 0 Å². The van der Waals surface area contributed by atoms with E-state index in [2.05, 4.69) is 31.2 Å². The molecule has 1 aliphatic rings. The first-order valence-corrected chi connectivity index (χ1v) is 8.03. The third kappa shape index (κ3) is 3.08. The lowest BCUT2D eigenvalue weighted by Crippen LogP contribution is -2.33. The number of amides is 1. The molecule has 1 aromatic heterocycles. The van der Waals surface area contributed by atoms with Crippen molar-refractivity contribution in [3.05, 3.63) is 45.8 Å². The maximum Gasteiger partial charge on any atom is 0.249 e. The Morgan fingerprint density at radius 2 is 2.23 bits per heavy atom. The van der Waals surface area contributed by atoms with Gasteiger partial charge in [-0.2, -0.15) is 0 Å². The molecule has 1 saturated heterocycles. The Bertz CT molecular complexity index is 724. The minimum absolute atomic E-state index is 0.0310. The average Bonchev–Trinajstić information content (AvgIpc) is 2.83. The molecule has 5 nitrogen and oxygen atoms in total. The van der Waals surface area contributed by atoms with Crippen LogP contribution in [0.3, 0.4) is 0 Å². The van der Waals surface area contributed by atoms with Crippen molar-refractivity contribution in [2.24, 2.45) is 0 Å². The van der Waals surface area contributed by atoms with Crippen LogP contribution in [0.4, 0.5) is 11.5 Å². The molecular weight excluding hydrogens is 368 g/mol. The van der Waals surface area contributed by atoms with E-state index in [0.717, 1.165) is 15.7 Å².